The Hall–Kier alpha value is -1.39. The maximum atomic E-state index is 4.32. The molecule has 1 atom stereocenters. The molecule has 1 saturated heterocycles. The first-order valence-corrected chi connectivity index (χ1v) is 8.58. The largest absolute Gasteiger partial charge is 0.378 e. The summed E-state index contributed by atoms with van der Waals surface area (Å²) in [7, 11) is 0. The van der Waals surface area contributed by atoms with Crippen LogP contribution in [0.15, 0.2) is 29.8 Å². The molecule has 3 nitrogen and oxygen atoms in total. The maximum Gasteiger partial charge on any atom is 0.0798 e. The molecule has 3 rings (SSSR count). The summed E-state index contributed by atoms with van der Waals surface area (Å²) in [6.45, 7) is 7.86. The summed E-state index contributed by atoms with van der Waals surface area (Å²) in [5.41, 5.74) is 5.64. The van der Waals surface area contributed by atoms with Crippen LogP contribution in [-0.4, -0.2) is 23.0 Å². The van der Waals surface area contributed by atoms with Gasteiger partial charge in [-0.15, -0.1) is 11.3 Å². The molecule has 1 aromatic heterocycles. The second-order valence-corrected chi connectivity index (χ2v) is 6.73. The van der Waals surface area contributed by atoms with Crippen LogP contribution in [0.2, 0.25) is 0 Å². The normalized spacial score (nSPS) is 17.0. The average molecular weight is 301 g/mol. The highest BCUT2D eigenvalue weighted by atomic mass is 32.1. The van der Waals surface area contributed by atoms with Crippen molar-refractivity contribution in [2.75, 3.05) is 18.4 Å². The summed E-state index contributed by atoms with van der Waals surface area (Å²) in [6, 6.07) is 9.18. The first-order chi connectivity index (χ1) is 10.2. The van der Waals surface area contributed by atoms with Crippen molar-refractivity contribution in [1.29, 1.82) is 0 Å². The topological polar surface area (TPSA) is 28.2 Å². The molecular weight excluding hydrogens is 278 g/mol. The number of rotatable bonds is 5. The van der Waals surface area contributed by atoms with Crippen LogP contribution in [0.25, 0.3) is 0 Å². The molecule has 1 N–H and O–H groups in total. The zero-order valence-corrected chi connectivity index (χ0v) is 13.6. The lowest BCUT2D eigenvalue weighted by Crippen LogP contribution is -2.18. The second-order valence-electron chi connectivity index (χ2n) is 5.85. The van der Waals surface area contributed by atoms with Crippen LogP contribution >= 0.6 is 11.3 Å². The molecule has 112 valence electrons. The van der Waals surface area contributed by atoms with Gasteiger partial charge in [-0.05, 0) is 57.5 Å². The van der Waals surface area contributed by atoms with Crippen LogP contribution in [0.4, 0.5) is 5.69 Å². The molecule has 4 heteroatoms. The maximum absolute atomic E-state index is 4.32. The number of aromatic nitrogens is 1. The second kappa shape index (κ2) is 6.58. The predicted octanol–water partition coefficient (Wildman–Crippen LogP) is 4.22. The Balaban J connectivity index is 1.60. The van der Waals surface area contributed by atoms with E-state index in [1.54, 1.807) is 11.3 Å². The van der Waals surface area contributed by atoms with E-state index < -0.39 is 0 Å². The van der Waals surface area contributed by atoms with E-state index in [-0.39, 0.29) is 0 Å². The number of nitrogens with zero attached hydrogens (tertiary/aromatic N) is 2. The molecule has 2 heterocycles. The van der Waals surface area contributed by atoms with Gasteiger partial charge in [0.05, 0.1) is 17.2 Å². The molecule has 21 heavy (non-hydrogen) atoms. The molecule has 0 radical (unpaired) electrons. The highest BCUT2D eigenvalue weighted by Gasteiger charge is 2.12. The number of likely N-dealkylation sites (tertiary alicyclic amines) is 1. The van der Waals surface area contributed by atoms with E-state index in [0.29, 0.717) is 6.04 Å². The minimum absolute atomic E-state index is 0.307. The SMILES string of the molecule is Cc1ncsc1C(C)Nc1ccc(CN2CCCC2)cc1. The Morgan fingerprint density at radius 2 is 1.95 bits per heavy atom. The van der Waals surface area contributed by atoms with Crippen LogP contribution in [-0.2, 0) is 6.54 Å². The van der Waals surface area contributed by atoms with Gasteiger partial charge in [-0.1, -0.05) is 12.1 Å². The van der Waals surface area contributed by atoms with Crippen molar-refractivity contribution < 1.29 is 0 Å². The highest BCUT2D eigenvalue weighted by Crippen LogP contribution is 2.25. The van der Waals surface area contributed by atoms with Gasteiger partial charge in [0.1, 0.15) is 0 Å². The van der Waals surface area contributed by atoms with Gasteiger partial charge in [0, 0.05) is 17.1 Å². The van der Waals surface area contributed by atoms with Crippen molar-refractivity contribution in [2.45, 2.75) is 39.3 Å². The third-order valence-corrected chi connectivity index (χ3v) is 5.23. The fourth-order valence-corrected chi connectivity index (χ4v) is 3.76. The fraction of sp³-hybridized carbons (Fsp3) is 0.471. The molecule has 1 fully saturated rings. The Morgan fingerprint density at radius 3 is 2.57 bits per heavy atom. The summed E-state index contributed by atoms with van der Waals surface area (Å²) in [5, 5.41) is 3.56. The number of hydrogen-bond acceptors (Lipinski definition) is 4. The minimum Gasteiger partial charge on any atom is -0.378 e. The molecule has 1 aromatic carbocycles. The van der Waals surface area contributed by atoms with Crippen molar-refractivity contribution in [2.24, 2.45) is 0 Å². The van der Waals surface area contributed by atoms with Crippen molar-refractivity contribution in [1.82, 2.24) is 9.88 Å². The molecule has 0 spiro atoms. The summed E-state index contributed by atoms with van der Waals surface area (Å²) >= 11 is 1.72. The third kappa shape index (κ3) is 3.63. The van der Waals surface area contributed by atoms with Gasteiger partial charge >= 0.3 is 0 Å². The lowest BCUT2D eigenvalue weighted by atomic mass is 10.1. The van der Waals surface area contributed by atoms with Gasteiger partial charge in [0.25, 0.3) is 0 Å². The zero-order chi connectivity index (χ0) is 14.7. The number of thiazole rings is 1. The molecular formula is C17H23N3S. The Kier molecular flexibility index (Phi) is 4.56. The molecule has 0 aliphatic carbocycles. The standard InChI is InChI=1S/C17H23N3S/c1-13-17(21-12-18-13)14(2)19-16-7-5-15(6-8-16)11-20-9-3-4-10-20/h5-8,12,14,19H,3-4,9-11H2,1-2H3. The number of aryl methyl sites for hydroxylation is 1. The van der Waals surface area contributed by atoms with Crippen LogP contribution in [0.1, 0.15) is 41.9 Å². The molecule has 1 unspecified atom stereocenters. The minimum atomic E-state index is 0.307. The molecule has 0 amide bonds. The quantitative estimate of drug-likeness (QED) is 0.896. The number of nitrogens with one attached hydrogen (secondary N) is 1. The lowest BCUT2D eigenvalue weighted by Gasteiger charge is -2.17. The fourth-order valence-electron chi connectivity index (χ4n) is 2.95. The predicted molar refractivity (Wildman–Crippen MR) is 89.8 cm³/mol. The average Bonchev–Trinajstić information content (AvgIpc) is 3.12. The summed E-state index contributed by atoms with van der Waals surface area (Å²) in [6.07, 6.45) is 2.71. The molecule has 1 aliphatic heterocycles. The molecule has 0 saturated carbocycles. The van der Waals surface area contributed by atoms with E-state index in [1.807, 2.05) is 5.51 Å². The van der Waals surface area contributed by atoms with Crippen molar-refractivity contribution in [3.63, 3.8) is 0 Å². The van der Waals surface area contributed by atoms with Gasteiger partial charge in [-0.3, -0.25) is 4.90 Å². The van der Waals surface area contributed by atoms with Crippen molar-refractivity contribution >= 4 is 17.0 Å². The summed E-state index contributed by atoms with van der Waals surface area (Å²) in [5.74, 6) is 0. The smallest absolute Gasteiger partial charge is 0.0798 e. The van der Waals surface area contributed by atoms with Crippen LogP contribution in [0.5, 0.6) is 0 Å². The van der Waals surface area contributed by atoms with E-state index in [1.165, 1.54) is 42.1 Å². The van der Waals surface area contributed by atoms with E-state index >= 15 is 0 Å². The van der Waals surface area contributed by atoms with Gasteiger partial charge in [-0.25, -0.2) is 4.98 Å². The highest BCUT2D eigenvalue weighted by molar-refractivity contribution is 7.09. The number of hydrogen-bond donors (Lipinski definition) is 1. The summed E-state index contributed by atoms with van der Waals surface area (Å²) < 4.78 is 0. The molecule has 2 aromatic rings. The van der Waals surface area contributed by atoms with Gasteiger partial charge < -0.3 is 5.32 Å². The van der Waals surface area contributed by atoms with Crippen molar-refractivity contribution in [3.05, 3.63) is 45.9 Å². The van der Waals surface area contributed by atoms with Gasteiger partial charge in [0.15, 0.2) is 0 Å². The first kappa shape index (κ1) is 14.5. The van der Waals surface area contributed by atoms with Crippen molar-refractivity contribution in [3.8, 4) is 0 Å². The zero-order valence-electron chi connectivity index (χ0n) is 12.8. The van der Waals surface area contributed by atoms with Gasteiger partial charge in [-0.2, -0.15) is 0 Å². The van der Waals surface area contributed by atoms with Crippen LogP contribution in [0, 0.1) is 6.92 Å². The lowest BCUT2D eigenvalue weighted by molar-refractivity contribution is 0.331. The van der Waals surface area contributed by atoms with E-state index in [2.05, 4.69) is 53.3 Å². The molecule has 0 bridgehead atoms. The Bertz CT molecular complexity index is 570. The van der Waals surface area contributed by atoms with E-state index in [4.69, 9.17) is 0 Å². The first-order valence-electron chi connectivity index (χ1n) is 7.70. The summed E-state index contributed by atoms with van der Waals surface area (Å²) in [4.78, 5) is 8.17. The number of anilines is 1. The Labute approximate surface area is 131 Å². The van der Waals surface area contributed by atoms with Crippen LogP contribution in [0.3, 0.4) is 0 Å². The monoisotopic (exact) mass is 301 g/mol. The van der Waals surface area contributed by atoms with E-state index in [9.17, 15) is 0 Å². The number of benzene rings is 1. The molecule has 1 aliphatic rings. The third-order valence-electron chi connectivity index (χ3n) is 4.12. The van der Waals surface area contributed by atoms with E-state index in [0.717, 1.165) is 12.2 Å². The van der Waals surface area contributed by atoms with Gasteiger partial charge in [0.2, 0.25) is 0 Å². The van der Waals surface area contributed by atoms with Crippen LogP contribution < -0.4 is 5.32 Å². The Morgan fingerprint density at radius 1 is 1.24 bits per heavy atom.